The molecule has 1 N–H and O–H groups in total. The minimum Gasteiger partial charge on any atom is -0.349 e. The molecule has 1 atom stereocenters. The van der Waals surface area contributed by atoms with Gasteiger partial charge in [-0.2, -0.15) is 5.10 Å². The molecule has 0 unspecified atom stereocenters. The van der Waals surface area contributed by atoms with E-state index in [1.54, 1.807) is 10.7 Å². The Balaban J connectivity index is 1.70. The van der Waals surface area contributed by atoms with Crippen LogP contribution in [0.5, 0.6) is 0 Å². The summed E-state index contributed by atoms with van der Waals surface area (Å²) in [6.07, 6.45) is 2.50. The number of nitrogens with one attached hydrogen (secondary N) is 1. The molecule has 1 heterocycles. The molecule has 0 bridgehead atoms. The van der Waals surface area contributed by atoms with Crippen molar-refractivity contribution < 1.29 is 4.79 Å². The van der Waals surface area contributed by atoms with Crippen molar-refractivity contribution in [2.24, 2.45) is 5.92 Å². The Morgan fingerprint density at radius 3 is 2.52 bits per heavy atom. The van der Waals surface area contributed by atoms with Crippen LogP contribution in [0.15, 0.2) is 65.6 Å². The minimum atomic E-state index is -0.104. The van der Waals surface area contributed by atoms with Crippen molar-refractivity contribution in [2.75, 3.05) is 0 Å². The number of aromatic nitrogens is 2. The van der Waals surface area contributed by atoms with E-state index in [9.17, 15) is 9.59 Å². The fraction of sp³-hybridized carbons (Fsp3) is 0.318. The highest BCUT2D eigenvalue weighted by atomic mass is 16.1. The van der Waals surface area contributed by atoms with Crippen molar-refractivity contribution in [3.8, 4) is 0 Å². The number of hydrogen-bond donors (Lipinski definition) is 1. The van der Waals surface area contributed by atoms with Crippen LogP contribution in [0.1, 0.15) is 38.3 Å². The quantitative estimate of drug-likeness (QED) is 0.696. The summed E-state index contributed by atoms with van der Waals surface area (Å²) < 4.78 is 1.72. The molecule has 1 amide bonds. The van der Waals surface area contributed by atoms with Gasteiger partial charge in [0.15, 0.2) is 0 Å². The van der Waals surface area contributed by atoms with Crippen LogP contribution in [0, 0.1) is 5.92 Å². The van der Waals surface area contributed by atoms with Crippen LogP contribution in [0.25, 0.3) is 10.9 Å². The second-order valence-corrected chi connectivity index (χ2v) is 7.16. The maximum absolute atomic E-state index is 12.6. The molecule has 3 rings (SSSR count). The average Bonchev–Trinajstić information content (AvgIpc) is 2.67. The molecule has 0 fully saturated rings. The molecule has 2 aromatic carbocycles. The number of para-hydroxylation sites is 1. The molecule has 0 aliphatic heterocycles. The van der Waals surface area contributed by atoms with Crippen LogP contribution < -0.4 is 10.7 Å². The molecule has 5 nitrogen and oxygen atoms in total. The zero-order valence-corrected chi connectivity index (χ0v) is 15.8. The number of carbonyl (C=O) groups is 1. The SMILES string of the molecule is CC(C)C[C@H](NC(=O)CCn1ncc(=O)c2ccccc21)c1ccccc1. The third kappa shape index (κ3) is 4.82. The van der Waals surface area contributed by atoms with E-state index in [0.29, 0.717) is 24.3 Å². The summed E-state index contributed by atoms with van der Waals surface area (Å²) in [5.41, 5.74) is 1.76. The summed E-state index contributed by atoms with van der Waals surface area (Å²) in [5.74, 6) is 0.453. The number of carbonyl (C=O) groups excluding carboxylic acids is 1. The summed E-state index contributed by atoms with van der Waals surface area (Å²) in [5, 5.41) is 7.96. The molecule has 0 spiro atoms. The fourth-order valence-corrected chi connectivity index (χ4v) is 3.25. The molecule has 0 aliphatic rings. The lowest BCUT2D eigenvalue weighted by molar-refractivity contribution is -0.122. The highest BCUT2D eigenvalue weighted by Gasteiger charge is 2.16. The van der Waals surface area contributed by atoms with Gasteiger partial charge in [0, 0.05) is 11.8 Å². The van der Waals surface area contributed by atoms with Gasteiger partial charge in [-0.15, -0.1) is 0 Å². The Hall–Kier alpha value is -2.95. The standard InChI is InChI=1S/C22H25N3O2/c1-16(2)14-19(17-8-4-3-5-9-17)24-22(27)12-13-25-20-11-7-6-10-18(20)21(26)15-23-25/h3-11,15-16,19H,12-14H2,1-2H3,(H,24,27)/t19-/m0/s1. The van der Waals surface area contributed by atoms with E-state index in [1.807, 2.05) is 48.5 Å². The highest BCUT2D eigenvalue weighted by molar-refractivity contribution is 5.79. The highest BCUT2D eigenvalue weighted by Crippen LogP contribution is 2.21. The van der Waals surface area contributed by atoms with E-state index in [0.717, 1.165) is 17.5 Å². The third-order valence-corrected chi connectivity index (χ3v) is 4.56. The van der Waals surface area contributed by atoms with Crippen LogP contribution in [0.2, 0.25) is 0 Å². The van der Waals surface area contributed by atoms with E-state index in [-0.39, 0.29) is 17.4 Å². The smallest absolute Gasteiger partial charge is 0.222 e. The molecule has 27 heavy (non-hydrogen) atoms. The summed E-state index contributed by atoms with van der Waals surface area (Å²) in [7, 11) is 0. The lowest BCUT2D eigenvalue weighted by Crippen LogP contribution is -2.30. The van der Waals surface area contributed by atoms with Gasteiger partial charge >= 0.3 is 0 Å². The van der Waals surface area contributed by atoms with Gasteiger partial charge in [-0.05, 0) is 30.0 Å². The molecule has 0 saturated carbocycles. The van der Waals surface area contributed by atoms with Crippen molar-refractivity contribution in [3.63, 3.8) is 0 Å². The summed E-state index contributed by atoms with van der Waals surface area (Å²) in [4.78, 5) is 24.5. The second-order valence-electron chi connectivity index (χ2n) is 7.16. The van der Waals surface area contributed by atoms with Crippen LogP contribution >= 0.6 is 0 Å². The van der Waals surface area contributed by atoms with E-state index in [2.05, 4.69) is 24.3 Å². The number of amides is 1. The zero-order chi connectivity index (χ0) is 19.2. The number of benzene rings is 2. The van der Waals surface area contributed by atoms with Gasteiger partial charge in [-0.1, -0.05) is 56.3 Å². The zero-order valence-electron chi connectivity index (χ0n) is 15.8. The molecule has 0 saturated heterocycles. The number of nitrogens with zero attached hydrogens (tertiary/aromatic N) is 2. The Kier molecular flexibility index (Phi) is 6.01. The van der Waals surface area contributed by atoms with E-state index < -0.39 is 0 Å². The first-order chi connectivity index (χ1) is 13.0. The third-order valence-electron chi connectivity index (χ3n) is 4.56. The predicted molar refractivity (Wildman–Crippen MR) is 107 cm³/mol. The molecule has 140 valence electrons. The lowest BCUT2D eigenvalue weighted by atomic mass is 9.97. The maximum Gasteiger partial charge on any atom is 0.222 e. The van der Waals surface area contributed by atoms with Crippen LogP contribution in [0.4, 0.5) is 0 Å². The Labute approximate surface area is 159 Å². The Morgan fingerprint density at radius 2 is 1.78 bits per heavy atom. The largest absolute Gasteiger partial charge is 0.349 e. The van der Waals surface area contributed by atoms with Gasteiger partial charge in [0.25, 0.3) is 0 Å². The average molecular weight is 363 g/mol. The van der Waals surface area contributed by atoms with Crippen LogP contribution in [-0.4, -0.2) is 15.7 Å². The second kappa shape index (κ2) is 8.62. The van der Waals surface area contributed by atoms with E-state index >= 15 is 0 Å². The van der Waals surface area contributed by atoms with Gasteiger partial charge < -0.3 is 5.32 Å². The normalized spacial score (nSPS) is 12.3. The first-order valence-electron chi connectivity index (χ1n) is 9.34. The first-order valence-corrected chi connectivity index (χ1v) is 9.34. The van der Waals surface area contributed by atoms with Gasteiger partial charge in [-0.3, -0.25) is 14.3 Å². The maximum atomic E-state index is 12.6. The molecule has 1 aromatic heterocycles. The summed E-state index contributed by atoms with van der Waals surface area (Å²) >= 11 is 0. The molecule has 5 heteroatoms. The van der Waals surface area contributed by atoms with Crippen molar-refractivity contribution in [1.29, 1.82) is 0 Å². The Morgan fingerprint density at radius 1 is 1.07 bits per heavy atom. The van der Waals surface area contributed by atoms with Crippen LogP contribution in [0.3, 0.4) is 0 Å². The van der Waals surface area contributed by atoms with Crippen molar-refractivity contribution in [2.45, 2.75) is 39.3 Å². The number of fused-ring (bicyclic) bond motifs is 1. The Bertz CT molecular complexity index is 964. The minimum absolute atomic E-state index is 0.00239. The van der Waals surface area contributed by atoms with Gasteiger partial charge in [0.2, 0.25) is 11.3 Å². The molecular formula is C22H25N3O2. The lowest BCUT2D eigenvalue weighted by Gasteiger charge is -2.21. The van der Waals surface area contributed by atoms with Crippen molar-refractivity contribution >= 4 is 16.8 Å². The first kappa shape index (κ1) is 18.8. The molecule has 0 aliphatic carbocycles. The predicted octanol–water partition coefficient (Wildman–Crippen LogP) is 3.69. The van der Waals surface area contributed by atoms with E-state index in [4.69, 9.17) is 0 Å². The molecular weight excluding hydrogens is 338 g/mol. The molecule has 3 aromatic rings. The van der Waals surface area contributed by atoms with E-state index in [1.165, 1.54) is 6.20 Å². The fourth-order valence-electron chi connectivity index (χ4n) is 3.25. The summed E-state index contributed by atoms with van der Waals surface area (Å²) in [6.45, 7) is 4.73. The monoisotopic (exact) mass is 363 g/mol. The molecule has 0 radical (unpaired) electrons. The number of rotatable bonds is 7. The number of hydrogen-bond acceptors (Lipinski definition) is 3. The van der Waals surface area contributed by atoms with Crippen molar-refractivity contribution in [1.82, 2.24) is 15.1 Å². The number of aryl methyl sites for hydroxylation is 1. The topological polar surface area (TPSA) is 64.0 Å². The van der Waals surface area contributed by atoms with Crippen LogP contribution in [-0.2, 0) is 11.3 Å². The van der Waals surface area contributed by atoms with Gasteiger partial charge in [0.05, 0.1) is 24.3 Å². The van der Waals surface area contributed by atoms with Gasteiger partial charge in [-0.25, -0.2) is 0 Å². The summed E-state index contributed by atoms with van der Waals surface area (Å²) in [6, 6.07) is 17.4. The van der Waals surface area contributed by atoms with Gasteiger partial charge in [0.1, 0.15) is 0 Å². The van der Waals surface area contributed by atoms with Crippen molar-refractivity contribution in [3.05, 3.63) is 76.6 Å².